The van der Waals surface area contributed by atoms with Gasteiger partial charge in [-0.25, -0.2) is 0 Å². The Hall–Kier alpha value is -2.83. The van der Waals surface area contributed by atoms with Gasteiger partial charge >= 0.3 is 0 Å². The average molecular weight is 385 g/mol. The van der Waals surface area contributed by atoms with Gasteiger partial charge in [0.25, 0.3) is 11.8 Å². The Balaban J connectivity index is 0.00000210. The number of nitrogens with one attached hydrogen (secondary N) is 3. The van der Waals surface area contributed by atoms with Crippen molar-refractivity contribution in [2.75, 3.05) is 36.4 Å². The fourth-order valence-corrected chi connectivity index (χ4v) is 3.27. The third kappa shape index (κ3) is 3.97. The van der Waals surface area contributed by atoms with Crippen molar-refractivity contribution in [1.82, 2.24) is 10.6 Å². The first-order chi connectivity index (χ1) is 12.7. The van der Waals surface area contributed by atoms with Crippen molar-refractivity contribution < 1.29 is 9.59 Å². The van der Waals surface area contributed by atoms with E-state index in [0.717, 1.165) is 31.9 Å². The number of piperazine rings is 1. The fourth-order valence-electron chi connectivity index (χ4n) is 3.27. The van der Waals surface area contributed by atoms with Crippen molar-refractivity contribution in [3.05, 3.63) is 65.9 Å². The number of fused-ring (bicyclic) bond motifs is 1. The number of hydrogen-bond donors (Lipinski definition) is 3. The molecule has 0 saturated carbocycles. The lowest BCUT2D eigenvalue weighted by atomic mass is 9.96. The van der Waals surface area contributed by atoms with Crippen molar-refractivity contribution in [1.29, 1.82) is 0 Å². The van der Waals surface area contributed by atoms with E-state index in [2.05, 4.69) is 33.0 Å². The molecule has 7 heteroatoms. The molecule has 1 fully saturated rings. The lowest BCUT2D eigenvalue weighted by Gasteiger charge is -2.29. The summed E-state index contributed by atoms with van der Waals surface area (Å²) in [6.07, 6.45) is 1.65. The molecule has 2 heterocycles. The van der Waals surface area contributed by atoms with Gasteiger partial charge in [0.2, 0.25) is 0 Å². The van der Waals surface area contributed by atoms with E-state index in [-0.39, 0.29) is 18.3 Å². The van der Waals surface area contributed by atoms with Crippen molar-refractivity contribution in [2.24, 2.45) is 0 Å². The summed E-state index contributed by atoms with van der Waals surface area (Å²) in [5.41, 5.74) is 3.68. The zero-order valence-corrected chi connectivity index (χ0v) is 15.5. The van der Waals surface area contributed by atoms with Crippen molar-refractivity contribution in [3.8, 4) is 0 Å². The lowest BCUT2D eigenvalue weighted by Crippen LogP contribution is -2.43. The Labute approximate surface area is 164 Å². The maximum atomic E-state index is 12.2. The normalized spacial score (nSPS) is 17.8. The highest BCUT2D eigenvalue weighted by atomic mass is 35.5. The Morgan fingerprint density at radius 2 is 1.56 bits per heavy atom. The molecule has 0 spiro atoms. The molecule has 2 aliphatic rings. The van der Waals surface area contributed by atoms with E-state index < -0.39 is 5.91 Å². The third-order valence-electron chi connectivity index (χ3n) is 4.67. The standard InChI is InChI=1S/C20H20N4O2.ClH/c25-19-17-4-2-1-3-16(17)18(20(26)23-19)13-22-14-5-7-15(8-6-14)24-11-9-21-10-12-24;/h1-8,13,21-22H,9-12H2,(H,23,25,26);1H. The Kier molecular flexibility index (Phi) is 5.78. The van der Waals surface area contributed by atoms with Crippen LogP contribution < -0.4 is 20.9 Å². The molecule has 0 aliphatic carbocycles. The molecule has 2 aromatic carbocycles. The molecule has 2 aliphatic heterocycles. The van der Waals surface area contributed by atoms with Gasteiger partial charge in [-0.3, -0.25) is 14.9 Å². The van der Waals surface area contributed by atoms with E-state index >= 15 is 0 Å². The molecule has 0 radical (unpaired) electrons. The molecule has 0 atom stereocenters. The van der Waals surface area contributed by atoms with Crippen LogP contribution in [0.25, 0.3) is 5.57 Å². The quantitative estimate of drug-likeness (QED) is 0.559. The molecule has 0 unspecified atom stereocenters. The second-order valence-electron chi connectivity index (χ2n) is 6.32. The van der Waals surface area contributed by atoms with Crippen LogP contribution in [0.4, 0.5) is 11.4 Å². The zero-order valence-electron chi connectivity index (χ0n) is 14.7. The number of anilines is 2. The van der Waals surface area contributed by atoms with Crippen LogP contribution in [0, 0.1) is 0 Å². The lowest BCUT2D eigenvalue weighted by molar-refractivity contribution is -0.114. The smallest absolute Gasteiger partial charge is 0.260 e. The van der Waals surface area contributed by atoms with Gasteiger partial charge in [-0.05, 0) is 30.3 Å². The van der Waals surface area contributed by atoms with Gasteiger partial charge in [0, 0.05) is 54.9 Å². The van der Waals surface area contributed by atoms with Crippen LogP contribution in [0.3, 0.4) is 0 Å². The summed E-state index contributed by atoms with van der Waals surface area (Å²) < 4.78 is 0. The van der Waals surface area contributed by atoms with E-state index in [4.69, 9.17) is 0 Å². The van der Waals surface area contributed by atoms with Crippen molar-refractivity contribution in [3.63, 3.8) is 0 Å². The maximum absolute atomic E-state index is 12.2. The molecule has 4 rings (SSSR count). The number of imide groups is 1. The zero-order chi connectivity index (χ0) is 17.9. The second kappa shape index (κ2) is 8.24. The van der Waals surface area contributed by atoms with Crippen LogP contribution in [0.2, 0.25) is 0 Å². The van der Waals surface area contributed by atoms with Gasteiger partial charge in [0.15, 0.2) is 0 Å². The van der Waals surface area contributed by atoms with Crippen molar-refractivity contribution in [2.45, 2.75) is 0 Å². The second-order valence-corrected chi connectivity index (χ2v) is 6.32. The number of carbonyl (C=O) groups excluding carboxylic acids is 2. The predicted octanol–water partition coefficient (Wildman–Crippen LogP) is 2.24. The third-order valence-corrected chi connectivity index (χ3v) is 4.67. The van der Waals surface area contributed by atoms with Crippen LogP contribution in [-0.2, 0) is 4.79 Å². The van der Waals surface area contributed by atoms with E-state index in [1.165, 1.54) is 5.69 Å². The van der Waals surface area contributed by atoms with Crippen LogP contribution in [-0.4, -0.2) is 38.0 Å². The molecular formula is C20H21ClN4O2. The minimum absolute atomic E-state index is 0. The van der Waals surface area contributed by atoms with Crippen LogP contribution >= 0.6 is 12.4 Å². The SMILES string of the molecule is Cl.O=C1NC(=O)c2ccccc2C1=CNc1ccc(N2CCNCC2)cc1. The van der Waals surface area contributed by atoms with Crippen LogP contribution in [0.1, 0.15) is 15.9 Å². The highest BCUT2D eigenvalue weighted by Gasteiger charge is 2.26. The Morgan fingerprint density at radius 1 is 0.889 bits per heavy atom. The number of benzene rings is 2. The van der Waals surface area contributed by atoms with Gasteiger partial charge in [-0.1, -0.05) is 18.2 Å². The largest absolute Gasteiger partial charge is 0.369 e. The summed E-state index contributed by atoms with van der Waals surface area (Å²) in [6, 6.07) is 15.2. The van der Waals surface area contributed by atoms with E-state index in [1.807, 2.05) is 18.2 Å². The van der Waals surface area contributed by atoms with E-state index in [1.54, 1.807) is 24.4 Å². The van der Waals surface area contributed by atoms with Crippen molar-refractivity contribution >= 4 is 41.2 Å². The summed E-state index contributed by atoms with van der Waals surface area (Å²) in [5.74, 6) is -0.748. The molecule has 27 heavy (non-hydrogen) atoms. The molecular weight excluding hydrogens is 364 g/mol. The number of rotatable bonds is 3. The molecule has 6 nitrogen and oxygen atoms in total. The number of carbonyl (C=O) groups is 2. The average Bonchev–Trinajstić information content (AvgIpc) is 2.69. The first-order valence-electron chi connectivity index (χ1n) is 8.70. The molecule has 0 aromatic heterocycles. The molecule has 2 aromatic rings. The highest BCUT2D eigenvalue weighted by Crippen LogP contribution is 2.24. The van der Waals surface area contributed by atoms with E-state index in [0.29, 0.717) is 16.7 Å². The fraction of sp³-hybridized carbons (Fsp3) is 0.200. The monoisotopic (exact) mass is 384 g/mol. The topological polar surface area (TPSA) is 73.5 Å². The summed E-state index contributed by atoms with van der Waals surface area (Å²) >= 11 is 0. The first-order valence-corrected chi connectivity index (χ1v) is 8.70. The Morgan fingerprint density at radius 3 is 2.26 bits per heavy atom. The molecule has 2 amide bonds. The minimum Gasteiger partial charge on any atom is -0.369 e. The van der Waals surface area contributed by atoms with Crippen LogP contribution in [0.5, 0.6) is 0 Å². The highest BCUT2D eigenvalue weighted by molar-refractivity contribution is 6.31. The van der Waals surface area contributed by atoms with Gasteiger partial charge < -0.3 is 15.5 Å². The maximum Gasteiger partial charge on any atom is 0.260 e. The molecule has 0 bridgehead atoms. The Bertz CT molecular complexity index is 874. The first kappa shape index (κ1) is 18.9. The minimum atomic E-state index is -0.390. The number of halogens is 1. The van der Waals surface area contributed by atoms with Gasteiger partial charge in [0.1, 0.15) is 0 Å². The molecule has 1 saturated heterocycles. The molecule has 140 valence electrons. The predicted molar refractivity (Wildman–Crippen MR) is 109 cm³/mol. The summed E-state index contributed by atoms with van der Waals surface area (Å²) in [5, 5.41) is 8.89. The molecule has 3 N–H and O–H groups in total. The summed E-state index contributed by atoms with van der Waals surface area (Å²) in [4.78, 5) is 26.5. The van der Waals surface area contributed by atoms with Gasteiger partial charge in [0.05, 0.1) is 5.57 Å². The number of amides is 2. The van der Waals surface area contributed by atoms with E-state index in [9.17, 15) is 9.59 Å². The number of hydrogen-bond acceptors (Lipinski definition) is 5. The summed E-state index contributed by atoms with van der Waals surface area (Å²) in [6.45, 7) is 4.00. The van der Waals surface area contributed by atoms with Crippen LogP contribution in [0.15, 0.2) is 54.7 Å². The van der Waals surface area contributed by atoms with Gasteiger partial charge in [-0.15, -0.1) is 12.4 Å². The number of nitrogens with zero attached hydrogens (tertiary/aromatic N) is 1. The summed E-state index contributed by atoms with van der Waals surface area (Å²) in [7, 11) is 0. The van der Waals surface area contributed by atoms with Gasteiger partial charge in [-0.2, -0.15) is 0 Å².